The Kier molecular flexibility index (Phi) is 3.58. The van der Waals surface area contributed by atoms with Crippen molar-refractivity contribution in [3.8, 4) is 0 Å². The van der Waals surface area contributed by atoms with Crippen molar-refractivity contribution in [2.24, 2.45) is 0 Å². The summed E-state index contributed by atoms with van der Waals surface area (Å²) in [5.41, 5.74) is 1.22. The summed E-state index contributed by atoms with van der Waals surface area (Å²) in [6.45, 7) is 1.88. The van der Waals surface area contributed by atoms with Gasteiger partial charge in [-0.25, -0.2) is 9.18 Å². The van der Waals surface area contributed by atoms with Gasteiger partial charge in [-0.2, -0.15) is 4.68 Å². The molecule has 1 N–H and O–H groups in total. The van der Waals surface area contributed by atoms with E-state index in [2.05, 4.69) is 20.8 Å². The monoisotopic (exact) mass is 303 g/mol. The van der Waals surface area contributed by atoms with E-state index in [1.165, 1.54) is 17.9 Å². The summed E-state index contributed by atoms with van der Waals surface area (Å²) in [7, 11) is 1.29. The van der Waals surface area contributed by atoms with Gasteiger partial charge in [-0.15, -0.1) is 0 Å². The van der Waals surface area contributed by atoms with Crippen LogP contribution in [0.15, 0.2) is 35.5 Å². The van der Waals surface area contributed by atoms with Gasteiger partial charge >= 0.3 is 5.97 Å². The van der Waals surface area contributed by atoms with Crippen LogP contribution in [0, 0.1) is 5.82 Å². The molecular formula is C14H14FN5O2. The molecule has 1 atom stereocenters. The van der Waals surface area contributed by atoms with Crippen molar-refractivity contribution in [1.29, 1.82) is 0 Å². The van der Waals surface area contributed by atoms with Crippen LogP contribution in [0.5, 0.6) is 0 Å². The average molecular weight is 303 g/mol. The van der Waals surface area contributed by atoms with E-state index in [4.69, 9.17) is 4.74 Å². The van der Waals surface area contributed by atoms with E-state index in [0.717, 1.165) is 0 Å². The summed E-state index contributed by atoms with van der Waals surface area (Å²) in [6.07, 6.45) is 0.530. The number of carbonyl (C=O) groups excluding carboxylic acids is 1. The molecule has 22 heavy (non-hydrogen) atoms. The second-order valence-corrected chi connectivity index (χ2v) is 4.73. The second kappa shape index (κ2) is 5.55. The predicted octanol–water partition coefficient (Wildman–Crippen LogP) is 1.66. The van der Waals surface area contributed by atoms with Crippen molar-refractivity contribution in [2.75, 3.05) is 12.4 Å². The molecule has 0 unspecified atom stereocenters. The number of hydrogen-bond acceptors (Lipinski definition) is 6. The van der Waals surface area contributed by atoms with Gasteiger partial charge in [0, 0.05) is 11.3 Å². The number of anilines is 1. The summed E-state index contributed by atoms with van der Waals surface area (Å²) in [4.78, 5) is 12.2. The number of rotatable bonds is 3. The molecule has 1 aliphatic rings. The number of nitrogens with zero attached hydrogens (tertiary/aromatic N) is 4. The van der Waals surface area contributed by atoms with Crippen LogP contribution in [0.25, 0.3) is 0 Å². The minimum atomic E-state index is -0.769. The van der Waals surface area contributed by atoms with E-state index in [1.54, 1.807) is 18.2 Å². The highest BCUT2D eigenvalue weighted by Crippen LogP contribution is 2.36. The molecule has 0 radical (unpaired) electrons. The van der Waals surface area contributed by atoms with Crippen LogP contribution in [0.3, 0.4) is 0 Å². The first-order chi connectivity index (χ1) is 10.7. The number of hydrogen-bond donors (Lipinski definition) is 1. The Morgan fingerprint density at radius 1 is 1.45 bits per heavy atom. The molecule has 1 aromatic heterocycles. The number of fused-ring (bicyclic) bond motifs is 1. The Morgan fingerprint density at radius 3 is 2.91 bits per heavy atom. The SMILES string of the molecule is CCC1=C(C(=O)OC)[C@H](c2ccccc2F)n2nnnc2N1. The van der Waals surface area contributed by atoms with Crippen LogP contribution in [0.2, 0.25) is 0 Å². The number of allylic oxidation sites excluding steroid dienone is 1. The molecule has 0 spiro atoms. The average Bonchev–Trinajstić information content (AvgIpc) is 3.01. The molecule has 0 saturated carbocycles. The van der Waals surface area contributed by atoms with Crippen LogP contribution in [0.1, 0.15) is 24.9 Å². The molecule has 0 aliphatic carbocycles. The van der Waals surface area contributed by atoms with Gasteiger partial charge in [0.15, 0.2) is 0 Å². The second-order valence-electron chi connectivity index (χ2n) is 4.73. The normalized spacial score (nSPS) is 17.0. The Hall–Kier alpha value is -2.77. The van der Waals surface area contributed by atoms with Gasteiger partial charge in [0.05, 0.1) is 12.7 Å². The first kappa shape index (κ1) is 14.2. The molecule has 0 fully saturated rings. The van der Waals surface area contributed by atoms with E-state index in [1.807, 2.05) is 6.92 Å². The molecule has 1 aliphatic heterocycles. The molecular weight excluding hydrogens is 289 g/mol. The van der Waals surface area contributed by atoms with Crippen molar-refractivity contribution in [1.82, 2.24) is 20.2 Å². The van der Waals surface area contributed by atoms with Gasteiger partial charge in [0.25, 0.3) is 0 Å². The van der Waals surface area contributed by atoms with Gasteiger partial charge in [0.1, 0.15) is 11.9 Å². The Labute approximate surface area is 125 Å². The third kappa shape index (κ3) is 2.12. The third-order valence-electron chi connectivity index (χ3n) is 3.56. The standard InChI is InChI=1S/C14H14FN5O2/c1-3-10-11(13(21)22-2)12(8-6-4-5-7-9(8)15)20-14(16-10)17-18-19-20/h4-7,12H,3H2,1-2H3,(H,16,17,19)/t12-/m0/s1. The number of carbonyl (C=O) groups is 1. The molecule has 3 rings (SSSR count). The van der Waals surface area contributed by atoms with E-state index in [-0.39, 0.29) is 0 Å². The third-order valence-corrected chi connectivity index (χ3v) is 3.56. The lowest BCUT2D eigenvalue weighted by atomic mass is 9.94. The zero-order chi connectivity index (χ0) is 15.7. The van der Waals surface area contributed by atoms with Gasteiger partial charge in [-0.3, -0.25) is 0 Å². The maximum atomic E-state index is 14.3. The first-order valence-electron chi connectivity index (χ1n) is 6.78. The zero-order valence-electron chi connectivity index (χ0n) is 12.1. The van der Waals surface area contributed by atoms with Gasteiger partial charge in [0.2, 0.25) is 5.95 Å². The fraction of sp³-hybridized carbons (Fsp3) is 0.286. The molecule has 114 valence electrons. The van der Waals surface area contributed by atoms with Gasteiger partial charge < -0.3 is 10.1 Å². The van der Waals surface area contributed by atoms with Crippen LogP contribution in [-0.4, -0.2) is 33.3 Å². The molecule has 0 amide bonds. The number of esters is 1. The fourth-order valence-corrected chi connectivity index (χ4v) is 2.55. The molecule has 0 saturated heterocycles. The largest absolute Gasteiger partial charge is 0.466 e. The van der Waals surface area contributed by atoms with Crippen molar-refractivity contribution in [3.63, 3.8) is 0 Å². The predicted molar refractivity (Wildman–Crippen MR) is 75.3 cm³/mol. The molecule has 1 aromatic carbocycles. The summed E-state index contributed by atoms with van der Waals surface area (Å²) < 4.78 is 20.5. The molecule has 7 nitrogen and oxygen atoms in total. The first-order valence-corrected chi connectivity index (χ1v) is 6.78. The summed E-state index contributed by atoms with van der Waals surface area (Å²) in [5, 5.41) is 14.3. The maximum absolute atomic E-state index is 14.3. The Morgan fingerprint density at radius 2 is 2.23 bits per heavy atom. The van der Waals surface area contributed by atoms with E-state index in [9.17, 15) is 9.18 Å². The lowest BCUT2D eigenvalue weighted by Crippen LogP contribution is -2.30. The number of nitrogens with one attached hydrogen (secondary N) is 1. The lowest BCUT2D eigenvalue weighted by molar-refractivity contribution is -0.136. The van der Waals surface area contributed by atoms with Crippen LogP contribution in [0.4, 0.5) is 10.3 Å². The van der Waals surface area contributed by atoms with Crippen LogP contribution < -0.4 is 5.32 Å². The summed E-state index contributed by atoms with van der Waals surface area (Å²) in [6, 6.07) is 5.46. The van der Waals surface area contributed by atoms with E-state index < -0.39 is 17.8 Å². The number of methoxy groups -OCH3 is 1. The molecule has 2 aromatic rings. The van der Waals surface area contributed by atoms with Crippen molar-refractivity contribution in [3.05, 3.63) is 46.9 Å². The van der Waals surface area contributed by atoms with Crippen LogP contribution >= 0.6 is 0 Å². The highest BCUT2D eigenvalue weighted by Gasteiger charge is 2.36. The number of halogens is 1. The fourth-order valence-electron chi connectivity index (χ4n) is 2.55. The number of ether oxygens (including phenoxy) is 1. The zero-order valence-corrected chi connectivity index (χ0v) is 12.1. The highest BCUT2D eigenvalue weighted by molar-refractivity contribution is 5.92. The number of benzene rings is 1. The van der Waals surface area contributed by atoms with Crippen molar-refractivity contribution >= 4 is 11.9 Å². The summed E-state index contributed by atoms with van der Waals surface area (Å²) in [5.74, 6) is -0.621. The van der Waals surface area contributed by atoms with Gasteiger partial charge in [-0.05, 0) is 22.9 Å². The molecule has 8 heteroatoms. The van der Waals surface area contributed by atoms with E-state index >= 15 is 0 Å². The highest BCUT2D eigenvalue weighted by atomic mass is 19.1. The van der Waals surface area contributed by atoms with Gasteiger partial charge in [-0.1, -0.05) is 30.2 Å². The van der Waals surface area contributed by atoms with E-state index in [0.29, 0.717) is 29.2 Å². The minimum absolute atomic E-state index is 0.301. The smallest absolute Gasteiger partial charge is 0.338 e. The quantitative estimate of drug-likeness (QED) is 0.869. The minimum Gasteiger partial charge on any atom is -0.466 e. The topological polar surface area (TPSA) is 81.9 Å². The Balaban J connectivity index is 2.25. The van der Waals surface area contributed by atoms with Crippen LogP contribution in [-0.2, 0) is 9.53 Å². The Bertz CT molecular complexity index is 755. The van der Waals surface area contributed by atoms with Crippen molar-refractivity contribution < 1.29 is 13.9 Å². The molecule has 2 heterocycles. The number of tetrazole rings is 1. The van der Waals surface area contributed by atoms with Crippen molar-refractivity contribution in [2.45, 2.75) is 19.4 Å². The molecule has 0 bridgehead atoms. The summed E-state index contributed by atoms with van der Waals surface area (Å²) >= 11 is 0. The lowest BCUT2D eigenvalue weighted by Gasteiger charge is -2.28. The number of aromatic nitrogens is 4. The maximum Gasteiger partial charge on any atom is 0.338 e.